The van der Waals surface area contributed by atoms with Gasteiger partial charge in [0.1, 0.15) is 5.82 Å². The van der Waals surface area contributed by atoms with Gasteiger partial charge in [-0.2, -0.15) is 18.3 Å². The van der Waals surface area contributed by atoms with Gasteiger partial charge in [-0.25, -0.2) is 4.68 Å². The topological polar surface area (TPSA) is 68.8 Å². The van der Waals surface area contributed by atoms with E-state index in [1.54, 1.807) is 6.07 Å². The summed E-state index contributed by atoms with van der Waals surface area (Å²) in [5, 5.41) is 11.3. The Labute approximate surface area is 151 Å². The smallest absolute Gasteiger partial charge is 0.305 e. The van der Waals surface area contributed by atoms with Crippen molar-refractivity contribution in [3.8, 4) is 11.3 Å². The fourth-order valence-electron chi connectivity index (χ4n) is 3.04. The van der Waals surface area contributed by atoms with Crippen molar-refractivity contribution >= 4 is 0 Å². The largest absolute Gasteiger partial charge is 0.451 e. The maximum absolute atomic E-state index is 12.9. The first kappa shape index (κ1) is 17.4. The van der Waals surface area contributed by atoms with Crippen LogP contribution in [0.4, 0.5) is 13.2 Å². The molecule has 0 saturated carbocycles. The first-order valence-electron chi connectivity index (χ1n) is 8.27. The van der Waals surface area contributed by atoms with Crippen molar-refractivity contribution in [3.63, 3.8) is 0 Å². The highest BCUT2D eigenvalue weighted by Crippen LogP contribution is 2.29. The molecule has 1 aliphatic rings. The molecule has 3 aromatic rings. The number of hydrogen-bond donors (Lipinski definition) is 0. The van der Waals surface area contributed by atoms with Gasteiger partial charge in [-0.15, -0.1) is 10.2 Å². The van der Waals surface area contributed by atoms with E-state index in [0.717, 1.165) is 10.1 Å². The van der Waals surface area contributed by atoms with Gasteiger partial charge in [0.25, 0.3) is 5.56 Å². The molecule has 1 aliphatic heterocycles. The Morgan fingerprint density at radius 3 is 2.52 bits per heavy atom. The summed E-state index contributed by atoms with van der Waals surface area (Å²) in [5.74, 6) is -0.764. The minimum atomic E-state index is -4.53. The van der Waals surface area contributed by atoms with E-state index in [2.05, 4.69) is 15.3 Å². The molecule has 0 bridgehead atoms. The summed E-state index contributed by atoms with van der Waals surface area (Å²) >= 11 is 0. The molecule has 2 aromatic heterocycles. The Bertz CT molecular complexity index is 1010. The van der Waals surface area contributed by atoms with Crippen LogP contribution in [-0.4, -0.2) is 36.0 Å². The molecule has 0 saturated heterocycles. The molecule has 3 heterocycles. The summed E-state index contributed by atoms with van der Waals surface area (Å²) in [6.45, 7) is 0.753. The predicted molar refractivity (Wildman–Crippen MR) is 89.4 cm³/mol. The van der Waals surface area contributed by atoms with E-state index in [-0.39, 0.29) is 31.1 Å². The Balaban J connectivity index is 1.56. The highest BCUT2D eigenvalue weighted by molar-refractivity contribution is 5.57. The maximum atomic E-state index is 12.9. The molecule has 7 nitrogen and oxygen atoms in total. The summed E-state index contributed by atoms with van der Waals surface area (Å²) < 4.78 is 41.1. The summed E-state index contributed by atoms with van der Waals surface area (Å²) in [6.07, 6.45) is -4.53. The average Bonchev–Trinajstić information content (AvgIpc) is 3.08. The number of hydrogen-bond acceptors (Lipinski definition) is 5. The SMILES string of the molecule is O=c1ccc(-c2ccccc2)nn1CN1CCn2c(nnc2C(F)(F)F)C1. The van der Waals surface area contributed by atoms with Crippen LogP contribution in [0.5, 0.6) is 0 Å². The van der Waals surface area contributed by atoms with E-state index in [0.29, 0.717) is 12.2 Å². The molecule has 10 heteroatoms. The number of rotatable bonds is 3. The van der Waals surface area contributed by atoms with Gasteiger partial charge in [0, 0.05) is 24.7 Å². The minimum Gasteiger partial charge on any atom is -0.305 e. The first-order valence-corrected chi connectivity index (χ1v) is 8.27. The van der Waals surface area contributed by atoms with E-state index in [9.17, 15) is 18.0 Å². The molecule has 0 atom stereocenters. The van der Waals surface area contributed by atoms with Crippen molar-refractivity contribution in [2.24, 2.45) is 0 Å². The quantitative estimate of drug-likeness (QED) is 0.699. The van der Waals surface area contributed by atoms with E-state index in [4.69, 9.17) is 0 Å². The zero-order valence-corrected chi connectivity index (χ0v) is 14.1. The number of nitrogens with zero attached hydrogens (tertiary/aromatic N) is 6. The standard InChI is InChI=1S/C17H15F3N6O/c18-17(19,20)16-22-21-14-10-24(8-9-25(14)16)11-26-15(27)7-6-13(23-26)12-4-2-1-3-5-12/h1-7H,8-11H2. The number of fused-ring (bicyclic) bond motifs is 1. The third-order valence-electron chi connectivity index (χ3n) is 4.36. The fourth-order valence-corrected chi connectivity index (χ4v) is 3.04. The van der Waals surface area contributed by atoms with Gasteiger partial charge in [-0.3, -0.25) is 9.69 Å². The molecule has 140 valence electrons. The molecule has 27 heavy (non-hydrogen) atoms. The summed E-state index contributed by atoms with van der Waals surface area (Å²) in [4.78, 5) is 14.0. The second kappa shape index (κ2) is 6.62. The highest BCUT2D eigenvalue weighted by atomic mass is 19.4. The first-order chi connectivity index (χ1) is 12.9. The van der Waals surface area contributed by atoms with E-state index < -0.39 is 12.0 Å². The Kier molecular flexibility index (Phi) is 4.27. The predicted octanol–water partition coefficient (Wildman–Crippen LogP) is 1.99. The molecule has 0 unspecified atom stereocenters. The van der Waals surface area contributed by atoms with Crippen molar-refractivity contribution in [1.29, 1.82) is 0 Å². The highest BCUT2D eigenvalue weighted by Gasteiger charge is 2.39. The van der Waals surface area contributed by atoms with Crippen molar-refractivity contribution in [3.05, 3.63) is 64.5 Å². The molecular weight excluding hydrogens is 361 g/mol. The van der Waals surface area contributed by atoms with Crippen LogP contribution < -0.4 is 5.56 Å². The lowest BCUT2D eigenvalue weighted by Gasteiger charge is -2.27. The summed E-state index contributed by atoms with van der Waals surface area (Å²) in [7, 11) is 0. The maximum Gasteiger partial charge on any atom is 0.451 e. The van der Waals surface area contributed by atoms with Gasteiger partial charge in [0.05, 0.1) is 18.9 Å². The monoisotopic (exact) mass is 376 g/mol. The lowest BCUT2D eigenvalue weighted by Crippen LogP contribution is -2.39. The van der Waals surface area contributed by atoms with E-state index in [1.165, 1.54) is 10.7 Å². The Morgan fingerprint density at radius 2 is 1.78 bits per heavy atom. The minimum absolute atomic E-state index is 0.101. The Morgan fingerprint density at radius 1 is 1.00 bits per heavy atom. The van der Waals surface area contributed by atoms with Crippen molar-refractivity contribution in [2.45, 2.75) is 25.9 Å². The van der Waals surface area contributed by atoms with Crippen LogP contribution in [0.2, 0.25) is 0 Å². The van der Waals surface area contributed by atoms with Crippen LogP contribution in [-0.2, 0) is 25.9 Å². The Hall–Kier alpha value is -3.01. The van der Waals surface area contributed by atoms with Gasteiger partial charge in [-0.05, 0) is 6.07 Å². The summed E-state index contributed by atoms with van der Waals surface area (Å²) in [5.41, 5.74) is 1.24. The zero-order chi connectivity index (χ0) is 19.0. The molecular formula is C17H15F3N6O. The van der Waals surface area contributed by atoms with Crippen molar-refractivity contribution in [2.75, 3.05) is 6.54 Å². The van der Waals surface area contributed by atoms with Crippen LogP contribution in [0, 0.1) is 0 Å². The van der Waals surface area contributed by atoms with Crippen molar-refractivity contribution < 1.29 is 13.2 Å². The molecule has 0 fully saturated rings. The van der Waals surface area contributed by atoms with E-state index >= 15 is 0 Å². The molecule has 4 rings (SSSR count). The van der Waals surface area contributed by atoms with Crippen LogP contribution in [0.1, 0.15) is 11.6 Å². The normalized spacial score (nSPS) is 14.9. The molecule has 0 aliphatic carbocycles. The van der Waals surface area contributed by atoms with E-state index in [1.807, 2.05) is 35.2 Å². The van der Waals surface area contributed by atoms with Gasteiger partial charge in [0.2, 0.25) is 5.82 Å². The molecule has 0 radical (unpaired) electrons. The van der Waals surface area contributed by atoms with Crippen molar-refractivity contribution in [1.82, 2.24) is 29.4 Å². The summed E-state index contributed by atoms with van der Waals surface area (Å²) in [6, 6.07) is 12.5. The average molecular weight is 376 g/mol. The van der Waals surface area contributed by atoms with Gasteiger partial charge in [-0.1, -0.05) is 30.3 Å². The zero-order valence-electron chi connectivity index (χ0n) is 14.1. The lowest BCUT2D eigenvalue weighted by molar-refractivity contribution is -0.148. The van der Waals surface area contributed by atoms with Gasteiger partial charge < -0.3 is 4.57 Å². The second-order valence-electron chi connectivity index (χ2n) is 6.21. The lowest BCUT2D eigenvalue weighted by atomic mass is 10.1. The third kappa shape index (κ3) is 3.47. The van der Waals surface area contributed by atoms with Crippen LogP contribution in [0.25, 0.3) is 11.3 Å². The van der Waals surface area contributed by atoms with Crippen LogP contribution in [0.3, 0.4) is 0 Å². The third-order valence-corrected chi connectivity index (χ3v) is 4.36. The number of benzene rings is 1. The number of aromatic nitrogens is 5. The van der Waals surface area contributed by atoms with Crippen LogP contribution >= 0.6 is 0 Å². The number of halogens is 3. The molecule has 0 amide bonds. The van der Waals surface area contributed by atoms with Gasteiger partial charge in [0.15, 0.2) is 0 Å². The fraction of sp³-hybridized carbons (Fsp3) is 0.294. The molecule has 0 N–H and O–H groups in total. The van der Waals surface area contributed by atoms with Gasteiger partial charge >= 0.3 is 6.18 Å². The van der Waals surface area contributed by atoms with Crippen LogP contribution in [0.15, 0.2) is 47.3 Å². The molecule has 0 spiro atoms. The second-order valence-corrected chi connectivity index (χ2v) is 6.21. The number of alkyl halides is 3. The molecule has 1 aromatic carbocycles.